The van der Waals surface area contributed by atoms with E-state index in [1.807, 2.05) is 0 Å². The van der Waals surface area contributed by atoms with E-state index < -0.39 is 0 Å². The van der Waals surface area contributed by atoms with Crippen LogP contribution in [0, 0.1) is 13.8 Å². The summed E-state index contributed by atoms with van der Waals surface area (Å²) in [4.78, 5) is 2.50. The molecule has 17 heavy (non-hydrogen) atoms. The second-order valence-corrected chi connectivity index (χ2v) is 5.32. The van der Waals surface area contributed by atoms with Crippen LogP contribution in [-0.2, 0) is 0 Å². The third-order valence-corrected chi connectivity index (χ3v) is 3.88. The molecular weight excluding hydrogens is 208 g/mol. The summed E-state index contributed by atoms with van der Waals surface area (Å²) >= 11 is 0. The first-order valence-electron chi connectivity index (χ1n) is 6.67. The Morgan fingerprint density at radius 2 is 1.71 bits per heavy atom. The highest BCUT2D eigenvalue weighted by Crippen LogP contribution is 2.29. The molecule has 1 aliphatic heterocycles. The van der Waals surface area contributed by atoms with Gasteiger partial charge < -0.3 is 10.2 Å². The third kappa shape index (κ3) is 2.47. The Morgan fingerprint density at radius 1 is 1.06 bits per heavy atom. The fourth-order valence-corrected chi connectivity index (χ4v) is 2.70. The van der Waals surface area contributed by atoms with E-state index in [1.165, 1.54) is 22.4 Å². The zero-order chi connectivity index (χ0) is 12.4. The maximum atomic E-state index is 3.41. The normalized spacial score (nSPS) is 16.6. The van der Waals surface area contributed by atoms with E-state index in [0.29, 0.717) is 5.92 Å². The number of nitrogens with zero attached hydrogens (tertiary/aromatic N) is 1. The van der Waals surface area contributed by atoms with Crippen molar-refractivity contribution in [1.82, 2.24) is 5.32 Å². The van der Waals surface area contributed by atoms with Crippen molar-refractivity contribution in [3.63, 3.8) is 0 Å². The summed E-state index contributed by atoms with van der Waals surface area (Å²) in [7, 11) is 0. The summed E-state index contributed by atoms with van der Waals surface area (Å²) in [5.41, 5.74) is 5.84. The van der Waals surface area contributed by atoms with Crippen LogP contribution in [0.1, 0.15) is 36.5 Å². The smallest absolute Gasteiger partial charge is 0.0399 e. The predicted octanol–water partition coefficient (Wildman–Crippen LogP) is 2.84. The molecule has 0 atom stereocenters. The molecule has 2 rings (SSSR count). The number of hydrogen-bond acceptors (Lipinski definition) is 2. The predicted molar refractivity (Wildman–Crippen MR) is 75.1 cm³/mol. The number of hydrogen-bond donors (Lipinski definition) is 1. The van der Waals surface area contributed by atoms with Crippen LogP contribution in [0.5, 0.6) is 0 Å². The SMILES string of the molecule is Cc1c(C(C)C)ccc(N2CCNCC2)c1C. The molecule has 0 unspecified atom stereocenters. The van der Waals surface area contributed by atoms with Gasteiger partial charge in [-0.2, -0.15) is 0 Å². The van der Waals surface area contributed by atoms with Crippen molar-refractivity contribution in [1.29, 1.82) is 0 Å². The Morgan fingerprint density at radius 3 is 2.29 bits per heavy atom. The fraction of sp³-hybridized carbons (Fsp3) is 0.600. The average Bonchev–Trinajstić information content (AvgIpc) is 2.33. The van der Waals surface area contributed by atoms with Crippen LogP contribution in [0.25, 0.3) is 0 Å². The second kappa shape index (κ2) is 5.09. The minimum absolute atomic E-state index is 0.616. The second-order valence-electron chi connectivity index (χ2n) is 5.32. The largest absolute Gasteiger partial charge is 0.369 e. The molecule has 2 nitrogen and oxygen atoms in total. The summed E-state index contributed by atoms with van der Waals surface area (Å²) in [6, 6.07) is 4.62. The maximum Gasteiger partial charge on any atom is 0.0399 e. The van der Waals surface area contributed by atoms with Gasteiger partial charge in [-0.05, 0) is 42.5 Å². The Bertz CT molecular complexity index is 390. The van der Waals surface area contributed by atoms with Crippen molar-refractivity contribution >= 4 is 5.69 Å². The van der Waals surface area contributed by atoms with E-state index in [4.69, 9.17) is 0 Å². The molecule has 1 fully saturated rings. The van der Waals surface area contributed by atoms with Gasteiger partial charge in [0.1, 0.15) is 0 Å². The Balaban J connectivity index is 2.32. The van der Waals surface area contributed by atoms with Crippen molar-refractivity contribution < 1.29 is 0 Å². The zero-order valence-electron chi connectivity index (χ0n) is 11.5. The Hall–Kier alpha value is -1.02. The lowest BCUT2D eigenvalue weighted by molar-refractivity contribution is 0.588. The molecule has 0 spiro atoms. The minimum atomic E-state index is 0.616. The van der Waals surface area contributed by atoms with Crippen LogP contribution in [0.3, 0.4) is 0 Å². The summed E-state index contributed by atoms with van der Waals surface area (Å²) < 4.78 is 0. The van der Waals surface area contributed by atoms with Crippen LogP contribution in [0.2, 0.25) is 0 Å². The zero-order valence-corrected chi connectivity index (χ0v) is 11.5. The highest BCUT2D eigenvalue weighted by molar-refractivity contribution is 5.58. The van der Waals surface area contributed by atoms with Gasteiger partial charge >= 0.3 is 0 Å². The number of nitrogens with one attached hydrogen (secondary N) is 1. The van der Waals surface area contributed by atoms with Crippen LogP contribution >= 0.6 is 0 Å². The molecule has 94 valence electrons. The molecule has 1 aromatic carbocycles. The van der Waals surface area contributed by atoms with Crippen LogP contribution < -0.4 is 10.2 Å². The molecular formula is C15H24N2. The van der Waals surface area contributed by atoms with Crippen molar-refractivity contribution in [3.05, 3.63) is 28.8 Å². The lowest BCUT2D eigenvalue weighted by Crippen LogP contribution is -2.43. The maximum absolute atomic E-state index is 3.41. The van der Waals surface area contributed by atoms with Gasteiger partial charge in [-0.25, -0.2) is 0 Å². The molecule has 1 N–H and O–H groups in total. The molecule has 1 saturated heterocycles. The monoisotopic (exact) mass is 232 g/mol. The summed E-state index contributed by atoms with van der Waals surface area (Å²) in [5, 5.41) is 3.41. The first-order valence-corrected chi connectivity index (χ1v) is 6.67. The lowest BCUT2D eigenvalue weighted by Gasteiger charge is -2.32. The van der Waals surface area contributed by atoms with Crippen molar-refractivity contribution in [2.75, 3.05) is 31.1 Å². The van der Waals surface area contributed by atoms with E-state index in [0.717, 1.165) is 26.2 Å². The molecule has 1 aromatic rings. The quantitative estimate of drug-likeness (QED) is 0.843. The molecule has 2 heteroatoms. The van der Waals surface area contributed by atoms with E-state index in [-0.39, 0.29) is 0 Å². The standard InChI is InChI=1S/C15H24N2/c1-11(2)14-5-6-15(13(4)12(14)3)17-9-7-16-8-10-17/h5-6,11,16H,7-10H2,1-4H3. The topological polar surface area (TPSA) is 15.3 Å². The van der Waals surface area contributed by atoms with Crippen molar-refractivity contribution in [2.45, 2.75) is 33.6 Å². The molecule has 1 heterocycles. The molecule has 0 aromatic heterocycles. The van der Waals surface area contributed by atoms with E-state index >= 15 is 0 Å². The molecule has 0 aliphatic carbocycles. The third-order valence-electron chi connectivity index (χ3n) is 3.88. The highest BCUT2D eigenvalue weighted by Gasteiger charge is 2.15. The van der Waals surface area contributed by atoms with Crippen LogP contribution in [0.15, 0.2) is 12.1 Å². The van der Waals surface area contributed by atoms with Crippen molar-refractivity contribution in [3.8, 4) is 0 Å². The van der Waals surface area contributed by atoms with Gasteiger partial charge in [-0.1, -0.05) is 19.9 Å². The van der Waals surface area contributed by atoms with Gasteiger partial charge in [0.15, 0.2) is 0 Å². The molecule has 0 bridgehead atoms. The molecule has 0 amide bonds. The molecule has 1 aliphatic rings. The van der Waals surface area contributed by atoms with Gasteiger partial charge in [0, 0.05) is 31.9 Å². The number of benzene rings is 1. The summed E-state index contributed by atoms with van der Waals surface area (Å²) in [6.45, 7) is 13.5. The van der Waals surface area contributed by atoms with Gasteiger partial charge in [-0.3, -0.25) is 0 Å². The van der Waals surface area contributed by atoms with Gasteiger partial charge in [0.25, 0.3) is 0 Å². The lowest BCUT2D eigenvalue weighted by atomic mass is 9.93. The molecule has 0 saturated carbocycles. The van der Waals surface area contributed by atoms with Gasteiger partial charge in [0.2, 0.25) is 0 Å². The Labute approximate surface area is 105 Å². The van der Waals surface area contributed by atoms with Crippen LogP contribution in [0.4, 0.5) is 5.69 Å². The number of anilines is 1. The fourth-order valence-electron chi connectivity index (χ4n) is 2.70. The van der Waals surface area contributed by atoms with Crippen LogP contribution in [-0.4, -0.2) is 26.2 Å². The molecule has 0 radical (unpaired) electrons. The number of rotatable bonds is 2. The highest BCUT2D eigenvalue weighted by atomic mass is 15.2. The minimum Gasteiger partial charge on any atom is -0.369 e. The first-order chi connectivity index (χ1) is 8.11. The summed E-state index contributed by atoms with van der Waals surface area (Å²) in [6.07, 6.45) is 0. The average molecular weight is 232 g/mol. The van der Waals surface area contributed by atoms with Gasteiger partial charge in [0.05, 0.1) is 0 Å². The van der Waals surface area contributed by atoms with E-state index in [9.17, 15) is 0 Å². The number of piperazine rings is 1. The Kier molecular flexibility index (Phi) is 3.72. The summed E-state index contributed by atoms with van der Waals surface area (Å²) in [5.74, 6) is 0.616. The van der Waals surface area contributed by atoms with E-state index in [2.05, 4.69) is 50.0 Å². The van der Waals surface area contributed by atoms with Crippen molar-refractivity contribution in [2.24, 2.45) is 0 Å². The van der Waals surface area contributed by atoms with Gasteiger partial charge in [-0.15, -0.1) is 0 Å². The van der Waals surface area contributed by atoms with E-state index in [1.54, 1.807) is 0 Å². The first kappa shape index (κ1) is 12.4.